The lowest BCUT2D eigenvalue weighted by molar-refractivity contribution is -0.140. The maximum absolute atomic E-state index is 13.9. The van der Waals surface area contributed by atoms with Crippen LogP contribution >= 0.6 is 0 Å². The van der Waals surface area contributed by atoms with Gasteiger partial charge in [0.15, 0.2) is 5.54 Å². The number of para-hydroxylation sites is 1. The first-order chi connectivity index (χ1) is 16.2. The number of nitrogens with one attached hydrogen (secondary N) is 2. The number of fused-ring (bicyclic) bond motifs is 5. The lowest BCUT2D eigenvalue weighted by Gasteiger charge is -2.36. The Morgan fingerprint density at radius 2 is 1.82 bits per heavy atom. The molecule has 2 N–H and O–H groups in total. The molecule has 2 aliphatic rings. The Labute approximate surface area is 199 Å². The Balaban J connectivity index is 1.47. The molecule has 0 aliphatic carbocycles. The van der Waals surface area contributed by atoms with E-state index in [9.17, 15) is 14.4 Å². The number of rotatable bonds is 5. The molecular formula is C27H30N4O3. The van der Waals surface area contributed by atoms with E-state index in [0.29, 0.717) is 19.5 Å². The lowest BCUT2D eigenvalue weighted by Crippen LogP contribution is -2.53. The minimum Gasteiger partial charge on any atom is -0.356 e. The van der Waals surface area contributed by atoms with Crippen molar-refractivity contribution in [2.75, 3.05) is 6.54 Å². The fourth-order valence-corrected chi connectivity index (χ4v) is 5.38. The molecule has 34 heavy (non-hydrogen) atoms. The van der Waals surface area contributed by atoms with Crippen LogP contribution in [0.1, 0.15) is 43.2 Å². The summed E-state index contributed by atoms with van der Waals surface area (Å²) in [4.78, 5) is 47.0. The number of H-pyrrole nitrogens is 1. The van der Waals surface area contributed by atoms with Crippen molar-refractivity contribution >= 4 is 28.7 Å². The molecule has 2 aliphatic heterocycles. The van der Waals surface area contributed by atoms with Crippen LogP contribution in [0.3, 0.4) is 0 Å². The molecule has 5 rings (SSSR count). The van der Waals surface area contributed by atoms with Gasteiger partial charge in [0.25, 0.3) is 5.91 Å². The van der Waals surface area contributed by atoms with Gasteiger partial charge in [0.05, 0.1) is 5.69 Å². The van der Waals surface area contributed by atoms with E-state index >= 15 is 0 Å². The number of amides is 4. The molecule has 176 valence electrons. The number of urea groups is 1. The van der Waals surface area contributed by atoms with Gasteiger partial charge >= 0.3 is 6.03 Å². The molecule has 0 unspecified atom stereocenters. The molecule has 1 saturated heterocycles. The van der Waals surface area contributed by atoms with Crippen molar-refractivity contribution in [1.29, 1.82) is 0 Å². The Morgan fingerprint density at radius 3 is 2.53 bits per heavy atom. The Bertz CT molecular complexity index is 1290. The second-order valence-electron chi connectivity index (χ2n) is 9.85. The van der Waals surface area contributed by atoms with Crippen LogP contribution in [-0.4, -0.2) is 45.2 Å². The number of hydrogen-bond acceptors (Lipinski definition) is 3. The number of carbonyl (C=O) groups excluding carboxylic acids is 3. The summed E-state index contributed by atoms with van der Waals surface area (Å²) in [5, 5.41) is 4.02. The number of carbonyl (C=O) groups is 3. The summed E-state index contributed by atoms with van der Waals surface area (Å²) in [6.07, 6.45) is 0.660. The quantitative estimate of drug-likeness (QED) is 0.570. The third kappa shape index (κ3) is 3.22. The molecule has 0 bridgehead atoms. The highest BCUT2D eigenvalue weighted by Crippen LogP contribution is 2.45. The van der Waals surface area contributed by atoms with Crippen molar-refractivity contribution in [3.05, 3.63) is 70.9 Å². The zero-order valence-electron chi connectivity index (χ0n) is 20.0. The Kier molecular flexibility index (Phi) is 5.23. The van der Waals surface area contributed by atoms with E-state index in [1.54, 1.807) is 11.8 Å². The highest BCUT2D eigenvalue weighted by molar-refractivity contribution is 6.11. The Hall–Kier alpha value is -3.61. The minimum absolute atomic E-state index is 0.238. The maximum atomic E-state index is 13.9. The molecule has 2 atom stereocenters. The summed E-state index contributed by atoms with van der Waals surface area (Å²) in [5.41, 5.74) is 3.72. The van der Waals surface area contributed by atoms with Crippen LogP contribution in [-0.2, 0) is 28.1 Å². The standard InChI is InChI=1S/C27H30N4O3/c1-16(2)22(24(32)28-15-18-11-9-17(3)10-12-18)31-25(33)27(4)23-20(13-14-30(27)26(31)34)19-7-5-6-8-21(19)29-23/h5-12,16,22,29H,13-15H2,1-4H3,(H,28,32)/t22-,27-/m0/s1. The SMILES string of the molecule is Cc1ccc(CNC(=O)[C@H](C(C)C)N2C(=O)N3CCc4c([nH]c5ccccc45)[C@@]3(C)C2=O)cc1. The van der Waals surface area contributed by atoms with E-state index in [0.717, 1.165) is 33.3 Å². The van der Waals surface area contributed by atoms with Gasteiger partial charge in [0, 0.05) is 24.0 Å². The average Bonchev–Trinajstić information content (AvgIpc) is 3.29. The van der Waals surface area contributed by atoms with Crippen molar-refractivity contribution in [2.24, 2.45) is 5.92 Å². The van der Waals surface area contributed by atoms with Crippen molar-refractivity contribution < 1.29 is 14.4 Å². The molecule has 7 heteroatoms. The second kappa shape index (κ2) is 8.01. The largest absolute Gasteiger partial charge is 0.356 e. The highest BCUT2D eigenvalue weighted by Gasteiger charge is 2.61. The van der Waals surface area contributed by atoms with E-state index in [1.165, 1.54) is 4.90 Å². The van der Waals surface area contributed by atoms with Crippen LogP contribution in [0.2, 0.25) is 0 Å². The lowest BCUT2D eigenvalue weighted by atomic mass is 9.86. The first kappa shape index (κ1) is 22.2. The van der Waals surface area contributed by atoms with Gasteiger partial charge in [0.2, 0.25) is 5.91 Å². The van der Waals surface area contributed by atoms with Crippen molar-refractivity contribution in [3.8, 4) is 0 Å². The number of benzene rings is 2. The van der Waals surface area contributed by atoms with E-state index in [2.05, 4.69) is 10.3 Å². The van der Waals surface area contributed by atoms with Gasteiger partial charge in [-0.2, -0.15) is 0 Å². The first-order valence-corrected chi connectivity index (χ1v) is 11.8. The van der Waals surface area contributed by atoms with E-state index in [4.69, 9.17) is 0 Å². The third-order valence-corrected chi connectivity index (χ3v) is 7.26. The molecule has 4 amide bonds. The highest BCUT2D eigenvalue weighted by atomic mass is 16.2. The summed E-state index contributed by atoms with van der Waals surface area (Å²) >= 11 is 0. The normalized spacial score (nSPS) is 20.6. The molecule has 0 radical (unpaired) electrons. The average molecular weight is 459 g/mol. The molecule has 0 spiro atoms. The predicted molar refractivity (Wildman–Crippen MR) is 130 cm³/mol. The summed E-state index contributed by atoms with van der Waals surface area (Å²) < 4.78 is 0. The molecule has 3 aromatic rings. The predicted octanol–water partition coefficient (Wildman–Crippen LogP) is 3.85. The van der Waals surface area contributed by atoms with Gasteiger partial charge in [-0.1, -0.05) is 61.9 Å². The number of nitrogens with zero attached hydrogens (tertiary/aromatic N) is 2. The van der Waals surface area contributed by atoms with Crippen LogP contribution in [0.15, 0.2) is 48.5 Å². The van der Waals surface area contributed by atoms with Gasteiger partial charge in [-0.15, -0.1) is 0 Å². The summed E-state index contributed by atoms with van der Waals surface area (Å²) in [6, 6.07) is 14.6. The summed E-state index contributed by atoms with van der Waals surface area (Å²) in [5.74, 6) is -0.912. The van der Waals surface area contributed by atoms with E-state index in [1.807, 2.05) is 69.3 Å². The van der Waals surface area contributed by atoms with Gasteiger partial charge in [0.1, 0.15) is 6.04 Å². The molecule has 1 aromatic heterocycles. The smallest absolute Gasteiger partial charge is 0.328 e. The second-order valence-corrected chi connectivity index (χ2v) is 9.85. The summed E-state index contributed by atoms with van der Waals surface area (Å²) in [7, 11) is 0. The molecule has 0 saturated carbocycles. The number of imide groups is 1. The molecule has 2 aromatic carbocycles. The molecule has 1 fully saturated rings. The van der Waals surface area contributed by atoms with Gasteiger partial charge < -0.3 is 15.2 Å². The van der Waals surface area contributed by atoms with Gasteiger partial charge in [-0.3, -0.25) is 9.59 Å². The van der Waals surface area contributed by atoms with Gasteiger partial charge in [-0.25, -0.2) is 9.69 Å². The molecule has 3 heterocycles. The number of hydrogen-bond donors (Lipinski definition) is 2. The summed E-state index contributed by atoms with van der Waals surface area (Å²) in [6.45, 7) is 8.31. The van der Waals surface area contributed by atoms with Crippen molar-refractivity contribution in [1.82, 2.24) is 20.1 Å². The molecule has 7 nitrogen and oxygen atoms in total. The fourth-order valence-electron chi connectivity index (χ4n) is 5.38. The van der Waals surface area contributed by atoms with Crippen LogP contribution in [0.4, 0.5) is 4.79 Å². The topological polar surface area (TPSA) is 85.5 Å². The van der Waals surface area contributed by atoms with Crippen LogP contribution in [0.25, 0.3) is 10.9 Å². The maximum Gasteiger partial charge on any atom is 0.328 e. The van der Waals surface area contributed by atoms with Crippen LogP contribution < -0.4 is 5.32 Å². The zero-order valence-corrected chi connectivity index (χ0v) is 20.0. The third-order valence-electron chi connectivity index (χ3n) is 7.26. The van der Waals surface area contributed by atoms with E-state index in [-0.39, 0.29) is 17.7 Å². The fraction of sp³-hybridized carbons (Fsp3) is 0.370. The van der Waals surface area contributed by atoms with Gasteiger partial charge in [-0.05, 0) is 43.4 Å². The van der Waals surface area contributed by atoms with Crippen LogP contribution in [0.5, 0.6) is 0 Å². The van der Waals surface area contributed by atoms with Crippen LogP contribution in [0, 0.1) is 12.8 Å². The molecular weight excluding hydrogens is 428 g/mol. The minimum atomic E-state index is -1.16. The zero-order chi connectivity index (χ0) is 24.2. The number of aromatic nitrogens is 1. The van der Waals surface area contributed by atoms with Crippen molar-refractivity contribution in [3.63, 3.8) is 0 Å². The number of aryl methyl sites for hydroxylation is 1. The Morgan fingerprint density at radius 1 is 1.12 bits per heavy atom. The van der Waals surface area contributed by atoms with Crippen molar-refractivity contribution in [2.45, 2.75) is 52.2 Å². The number of aromatic amines is 1. The van der Waals surface area contributed by atoms with E-state index < -0.39 is 17.6 Å². The first-order valence-electron chi connectivity index (χ1n) is 11.8. The monoisotopic (exact) mass is 458 g/mol.